The molecule has 1 aliphatic carbocycles. The second-order valence-electron chi connectivity index (χ2n) is 6.82. The summed E-state index contributed by atoms with van der Waals surface area (Å²) in [5.41, 5.74) is 3.97. The van der Waals surface area contributed by atoms with E-state index in [9.17, 15) is 0 Å². The van der Waals surface area contributed by atoms with Crippen molar-refractivity contribution in [2.24, 2.45) is 0 Å². The van der Waals surface area contributed by atoms with Crippen molar-refractivity contribution < 1.29 is 0 Å². The molecular formula is C21H20AsP. The van der Waals surface area contributed by atoms with Gasteiger partial charge in [0.05, 0.1) is 0 Å². The molecule has 1 heterocycles. The third kappa shape index (κ3) is 1.95. The van der Waals surface area contributed by atoms with E-state index >= 15 is 0 Å². The molecule has 114 valence electrons. The van der Waals surface area contributed by atoms with Gasteiger partial charge in [-0.25, -0.2) is 0 Å². The third-order valence-electron chi connectivity index (χ3n) is 5.13. The molecule has 0 N–H and O–H groups in total. The van der Waals surface area contributed by atoms with Crippen LogP contribution >= 0.6 is 6.48 Å². The Hall–Kier alpha value is -1.09. The second kappa shape index (κ2) is 5.20. The van der Waals surface area contributed by atoms with Crippen LogP contribution in [0, 0.1) is 0 Å². The molecule has 0 spiro atoms. The van der Waals surface area contributed by atoms with Crippen molar-refractivity contribution >= 4 is 45.5 Å². The van der Waals surface area contributed by atoms with Crippen molar-refractivity contribution in [3.63, 3.8) is 0 Å². The first-order chi connectivity index (χ1) is 11.3. The Labute approximate surface area is 143 Å². The van der Waals surface area contributed by atoms with E-state index in [4.69, 9.17) is 0 Å². The number of rotatable bonds is 2. The summed E-state index contributed by atoms with van der Waals surface area (Å²) in [5, 5.41) is 5.04. The van der Waals surface area contributed by atoms with Crippen molar-refractivity contribution in [2.45, 2.75) is 32.3 Å². The molecule has 3 aromatic carbocycles. The maximum absolute atomic E-state index is 2.51. The van der Waals surface area contributed by atoms with E-state index in [0.717, 1.165) is 5.66 Å². The molecule has 0 fully saturated rings. The van der Waals surface area contributed by atoms with Crippen LogP contribution in [0.25, 0.3) is 10.8 Å². The molecule has 0 radical (unpaired) electrons. The van der Waals surface area contributed by atoms with Crippen LogP contribution in [-0.2, 0) is 12.8 Å². The van der Waals surface area contributed by atoms with Gasteiger partial charge in [-0.1, -0.05) is 0 Å². The molecule has 0 bridgehead atoms. The van der Waals surface area contributed by atoms with Crippen molar-refractivity contribution in [3.05, 3.63) is 65.7 Å². The molecule has 1 unspecified atom stereocenters. The molecular weight excluding hydrogens is 358 g/mol. The molecule has 2 atom stereocenters. The van der Waals surface area contributed by atoms with Gasteiger partial charge < -0.3 is 0 Å². The van der Waals surface area contributed by atoms with Crippen molar-refractivity contribution in [3.8, 4) is 0 Å². The van der Waals surface area contributed by atoms with E-state index in [-0.39, 0.29) is 6.48 Å². The van der Waals surface area contributed by atoms with E-state index in [1.54, 1.807) is 35.9 Å². The summed E-state index contributed by atoms with van der Waals surface area (Å²) < 4.78 is 3.38. The molecule has 23 heavy (non-hydrogen) atoms. The fraction of sp³-hybridized carbons (Fsp3) is 0.238. The summed E-state index contributed by atoms with van der Waals surface area (Å²) in [6.07, 6.45) is 2.49. The van der Waals surface area contributed by atoms with Gasteiger partial charge in [0.25, 0.3) is 0 Å². The Morgan fingerprint density at radius 3 is 2.22 bits per heavy atom. The van der Waals surface area contributed by atoms with Gasteiger partial charge in [0.2, 0.25) is 0 Å². The van der Waals surface area contributed by atoms with Crippen molar-refractivity contribution in [1.29, 1.82) is 0 Å². The summed E-state index contributed by atoms with van der Waals surface area (Å²) in [7, 11) is 0. The fourth-order valence-corrected chi connectivity index (χ4v) is 19.6. The van der Waals surface area contributed by atoms with Gasteiger partial charge in [0, 0.05) is 0 Å². The monoisotopic (exact) mass is 378 g/mol. The van der Waals surface area contributed by atoms with Crippen molar-refractivity contribution in [1.82, 2.24) is 0 Å². The fourth-order valence-electron chi connectivity index (χ4n) is 4.23. The standard InChI is InChI=1S/C21H20AsP/c1-14(2)23-19-13-11-16-9-8-15-10-12-18(21(19)20(15)16)22(23)17-6-4-3-5-7-17/h3-7,10-14H,8-9H2,1-2H3/t22?,23-/m1/s1. The molecule has 5 rings (SSSR count). The number of hydrogen-bond donors (Lipinski definition) is 0. The summed E-state index contributed by atoms with van der Waals surface area (Å²) in [4.78, 5) is 0. The number of benzene rings is 3. The molecule has 0 amide bonds. The molecule has 0 nitrogen and oxygen atoms in total. The first-order valence-corrected chi connectivity index (χ1v) is 14.2. The van der Waals surface area contributed by atoms with Crippen LogP contribution in [0.5, 0.6) is 0 Å². The molecule has 0 aromatic heterocycles. The Bertz CT molecular complexity index is 904. The summed E-state index contributed by atoms with van der Waals surface area (Å²) in [5.74, 6) is 0. The molecule has 0 saturated heterocycles. The van der Waals surface area contributed by atoms with Crippen LogP contribution < -0.4 is 14.0 Å². The van der Waals surface area contributed by atoms with Gasteiger partial charge in [-0.3, -0.25) is 0 Å². The molecule has 3 aromatic rings. The van der Waals surface area contributed by atoms with Crippen LogP contribution in [0.4, 0.5) is 0 Å². The van der Waals surface area contributed by atoms with Gasteiger partial charge >= 0.3 is 144 Å². The van der Waals surface area contributed by atoms with E-state index in [1.165, 1.54) is 12.8 Å². The van der Waals surface area contributed by atoms with Gasteiger partial charge in [0.1, 0.15) is 0 Å². The zero-order valence-corrected chi connectivity index (χ0v) is 16.4. The normalized spacial score (nSPS) is 21.5. The third-order valence-corrected chi connectivity index (χ3v) is 20.1. The first-order valence-electron chi connectivity index (χ1n) is 8.47. The summed E-state index contributed by atoms with van der Waals surface area (Å²) >= 11 is -1.22. The quantitative estimate of drug-likeness (QED) is 0.473. The Balaban J connectivity index is 1.85. The first kappa shape index (κ1) is 14.3. The zero-order chi connectivity index (χ0) is 15.6. The van der Waals surface area contributed by atoms with E-state index < -0.39 is 14.2 Å². The summed E-state index contributed by atoms with van der Waals surface area (Å²) in [6, 6.07) is 21.3. The maximum atomic E-state index is 2.51. The molecule has 1 aliphatic heterocycles. The van der Waals surface area contributed by atoms with Crippen LogP contribution in [0.3, 0.4) is 0 Å². The average molecular weight is 378 g/mol. The SMILES string of the molecule is CC(C)[P@]1c2ccc3c4c(ccc(c24)[As]1c1ccccc1)CC3. The minimum atomic E-state index is -1.22. The van der Waals surface area contributed by atoms with Crippen LogP contribution in [-0.4, -0.2) is 19.9 Å². The van der Waals surface area contributed by atoms with Crippen LogP contribution in [0.2, 0.25) is 0 Å². The van der Waals surface area contributed by atoms with Crippen molar-refractivity contribution in [2.75, 3.05) is 0 Å². The Kier molecular flexibility index (Phi) is 3.23. The van der Waals surface area contributed by atoms with Crippen LogP contribution in [0.1, 0.15) is 25.0 Å². The predicted octanol–water partition coefficient (Wildman–Crippen LogP) is 3.57. The van der Waals surface area contributed by atoms with Gasteiger partial charge in [0.15, 0.2) is 0 Å². The second-order valence-corrected chi connectivity index (χ2v) is 17.2. The van der Waals surface area contributed by atoms with Gasteiger partial charge in [-0.05, 0) is 0 Å². The van der Waals surface area contributed by atoms with Crippen LogP contribution in [0.15, 0.2) is 54.6 Å². The molecule has 2 heteroatoms. The van der Waals surface area contributed by atoms with Gasteiger partial charge in [-0.15, -0.1) is 0 Å². The average Bonchev–Trinajstić information content (AvgIpc) is 3.13. The minimum absolute atomic E-state index is 0.0405. The number of hydrogen-bond acceptors (Lipinski definition) is 0. The Morgan fingerprint density at radius 2 is 1.52 bits per heavy atom. The molecule has 2 aliphatic rings. The van der Waals surface area contributed by atoms with E-state index in [1.807, 2.05) is 0 Å². The zero-order valence-electron chi connectivity index (χ0n) is 13.6. The summed E-state index contributed by atoms with van der Waals surface area (Å²) in [6.45, 7) is 4.85. The molecule has 0 saturated carbocycles. The van der Waals surface area contributed by atoms with E-state index in [2.05, 4.69) is 68.4 Å². The predicted molar refractivity (Wildman–Crippen MR) is 105 cm³/mol. The Morgan fingerprint density at radius 1 is 0.826 bits per heavy atom. The number of aryl methyl sites for hydroxylation is 2. The van der Waals surface area contributed by atoms with Gasteiger partial charge in [-0.2, -0.15) is 0 Å². The van der Waals surface area contributed by atoms with E-state index in [0.29, 0.717) is 0 Å². The topological polar surface area (TPSA) is 0 Å².